The van der Waals surface area contributed by atoms with Crippen molar-refractivity contribution in [3.05, 3.63) is 89.7 Å². The Labute approximate surface area is 179 Å². The lowest BCUT2D eigenvalue weighted by Gasteiger charge is -2.17. The number of aliphatic hydroxyl groups is 1. The summed E-state index contributed by atoms with van der Waals surface area (Å²) in [6, 6.07) is 20.7. The third-order valence-electron chi connectivity index (χ3n) is 3.86. The lowest BCUT2D eigenvalue weighted by atomic mass is 10.1. The number of halogens is 1. The highest BCUT2D eigenvalue weighted by atomic mass is 19.1. The molecule has 5 heteroatoms. The molecule has 1 atom stereocenters. The molecule has 0 saturated heterocycles. The summed E-state index contributed by atoms with van der Waals surface area (Å²) in [5.74, 6) is 0.606. The van der Waals surface area contributed by atoms with Crippen LogP contribution in [0.3, 0.4) is 0 Å². The van der Waals surface area contributed by atoms with Crippen LogP contribution >= 0.6 is 0 Å². The number of aliphatic hydroxyl groups excluding tert-OH is 1. The van der Waals surface area contributed by atoms with Crippen molar-refractivity contribution in [2.75, 3.05) is 6.54 Å². The van der Waals surface area contributed by atoms with Gasteiger partial charge in [0.25, 0.3) is 0 Å². The number of benzene rings is 3. The van der Waals surface area contributed by atoms with Crippen LogP contribution in [0.2, 0.25) is 0 Å². The van der Waals surface area contributed by atoms with E-state index in [0.29, 0.717) is 23.7 Å². The fourth-order valence-electron chi connectivity index (χ4n) is 2.51. The van der Waals surface area contributed by atoms with Crippen LogP contribution in [0, 0.1) is 5.82 Å². The summed E-state index contributed by atoms with van der Waals surface area (Å²) in [6.45, 7) is 8.39. The van der Waals surface area contributed by atoms with Crippen LogP contribution in [0.1, 0.15) is 44.9 Å². The monoisotopic (exact) mass is 413 g/mol. The summed E-state index contributed by atoms with van der Waals surface area (Å²) in [5, 5.41) is 10.1. The zero-order valence-corrected chi connectivity index (χ0v) is 18.1. The van der Waals surface area contributed by atoms with Gasteiger partial charge >= 0.3 is 0 Å². The van der Waals surface area contributed by atoms with Crippen LogP contribution in [0.15, 0.2) is 72.8 Å². The van der Waals surface area contributed by atoms with E-state index in [1.165, 1.54) is 18.2 Å². The second-order valence-corrected chi connectivity index (χ2v) is 5.76. The molecule has 0 bridgehead atoms. The fraction of sp³-hybridized carbons (Fsp3) is 0.280. The first-order valence-electron chi connectivity index (χ1n) is 10.3. The summed E-state index contributed by atoms with van der Waals surface area (Å²) in [6.07, 6.45) is -0.867. The van der Waals surface area contributed by atoms with E-state index in [-0.39, 0.29) is 12.3 Å². The normalized spacial score (nSPS) is 10.6. The predicted molar refractivity (Wildman–Crippen MR) is 120 cm³/mol. The third kappa shape index (κ3) is 7.50. The Kier molecular flexibility index (Phi) is 11.9. The van der Waals surface area contributed by atoms with Gasteiger partial charge in [-0.3, -0.25) is 0 Å². The van der Waals surface area contributed by atoms with Crippen molar-refractivity contribution >= 4 is 0 Å². The lowest BCUT2D eigenvalue weighted by Crippen LogP contribution is -2.12. The van der Waals surface area contributed by atoms with Crippen LogP contribution in [-0.2, 0) is 6.61 Å². The first-order chi connectivity index (χ1) is 14.7. The minimum absolute atomic E-state index is 0.0564. The summed E-state index contributed by atoms with van der Waals surface area (Å²) in [5.41, 5.74) is 7.07. The van der Waals surface area contributed by atoms with Gasteiger partial charge in [0, 0.05) is 18.2 Å². The lowest BCUT2D eigenvalue weighted by molar-refractivity contribution is 0.183. The summed E-state index contributed by atoms with van der Waals surface area (Å²) in [7, 11) is 0. The molecule has 4 nitrogen and oxygen atoms in total. The molecule has 3 N–H and O–H groups in total. The van der Waals surface area contributed by atoms with Gasteiger partial charge in [-0.25, -0.2) is 4.39 Å². The van der Waals surface area contributed by atoms with E-state index in [1.54, 1.807) is 24.3 Å². The average Bonchev–Trinajstić information content (AvgIpc) is 2.82. The molecule has 30 heavy (non-hydrogen) atoms. The molecule has 162 valence electrons. The van der Waals surface area contributed by atoms with Crippen LogP contribution < -0.4 is 15.2 Å². The molecule has 0 amide bonds. The Morgan fingerprint density at radius 1 is 0.833 bits per heavy atom. The predicted octanol–water partition coefficient (Wildman–Crippen LogP) is 6.24. The van der Waals surface area contributed by atoms with Gasteiger partial charge in [0.1, 0.15) is 18.2 Å². The Morgan fingerprint density at radius 3 is 2.13 bits per heavy atom. The van der Waals surface area contributed by atoms with Gasteiger partial charge in [0.15, 0.2) is 11.5 Å². The molecule has 3 rings (SSSR count). The topological polar surface area (TPSA) is 64.7 Å². The third-order valence-corrected chi connectivity index (χ3v) is 3.86. The second-order valence-electron chi connectivity index (χ2n) is 5.76. The Hall–Kier alpha value is -2.89. The van der Waals surface area contributed by atoms with Gasteiger partial charge < -0.3 is 20.3 Å². The SMILES string of the molecule is CC.CC.NCC(O)c1ccccc1Oc1cc(F)ccc1OCc1ccccc1. The van der Waals surface area contributed by atoms with E-state index in [1.807, 2.05) is 58.0 Å². The first-order valence-corrected chi connectivity index (χ1v) is 10.3. The molecule has 0 spiro atoms. The molecule has 0 aliphatic rings. The van der Waals surface area contributed by atoms with E-state index >= 15 is 0 Å². The van der Waals surface area contributed by atoms with Crippen LogP contribution in [0.25, 0.3) is 0 Å². The molecule has 3 aromatic rings. The van der Waals surface area contributed by atoms with Crippen molar-refractivity contribution in [2.24, 2.45) is 5.73 Å². The summed E-state index contributed by atoms with van der Waals surface area (Å²) < 4.78 is 25.4. The number of para-hydroxylation sites is 1. The molecular formula is C25H32FNO3. The zero-order valence-electron chi connectivity index (χ0n) is 18.1. The van der Waals surface area contributed by atoms with Gasteiger partial charge in [-0.15, -0.1) is 0 Å². The molecule has 0 aliphatic heterocycles. The maximum Gasteiger partial charge on any atom is 0.172 e. The van der Waals surface area contributed by atoms with Crippen molar-refractivity contribution in [2.45, 2.75) is 40.4 Å². The minimum atomic E-state index is -0.867. The van der Waals surface area contributed by atoms with Crippen LogP contribution in [-0.4, -0.2) is 11.7 Å². The summed E-state index contributed by atoms with van der Waals surface area (Å²) in [4.78, 5) is 0. The first kappa shape index (κ1) is 25.1. The van der Waals surface area contributed by atoms with Crippen LogP contribution in [0.5, 0.6) is 17.2 Å². The van der Waals surface area contributed by atoms with Crippen molar-refractivity contribution in [1.82, 2.24) is 0 Å². The molecule has 0 fully saturated rings. The Balaban J connectivity index is 0.00000106. The van der Waals surface area contributed by atoms with Gasteiger partial charge in [-0.1, -0.05) is 76.2 Å². The molecule has 3 aromatic carbocycles. The highest BCUT2D eigenvalue weighted by molar-refractivity contribution is 5.46. The summed E-state index contributed by atoms with van der Waals surface area (Å²) >= 11 is 0. The average molecular weight is 414 g/mol. The number of hydrogen-bond donors (Lipinski definition) is 2. The minimum Gasteiger partial charge on any atom is -0.485 e. The van der Waals surface area contributed by atoms with Crippen molar-refractivity contribution in [3.8, 4) is 17.2 Å². The highest BCUT2D eigenvalue weighted by Crippen LogP contribution is 2.35. The number of hydrogen-bond acceptors (Lipinski definition) is 4. The number of rotatable bonds is 7. The molecular weight excluding hydrogens is 381 g/mol. The highest BCUT2D eigenvalue weighted by Gasteiger charge is 2.15. The molecule has 0 heterocycles. The van der Waals surface area contributed by atoms with Crippen molar-refractivity contribution in [1.29, 1.82) is 0 Å². The molecule has 1 unspecified atom stereocenters. The van der Waals surface area contributed by atoms with Gasteiger partial charge in [0.05, 0.1) is 6.10 Å². The van der Waals surface area contributed by atoms with Crippen molar-refractivity contribution < 1.29 is 19.0 Å². The van der Waals surface area contributed by atoms with Crippen molar-refractivity contribution in [3.63, 3.8) is 0 Å². The zero-order chi connectivity index (χ0) is 22.4. The van der Waals surface area contributed by atoms with E-state index in [4.69, 9.17) is 15.2 Å². The Morgan fingerprint density at radius 2 is 1.47 bits per heavy atom. The molecule has 0 saturated carbocycles. The van der Waals surface area contributed by atoms with E-state index in [0.717, 1.165) is 5.56 Å². The number of nitrogens with two attached hydrogens (primary N) is 1. The second kappa shape index (κ2) is 14.1. The maximum absolute atomic E-state index is 13.7. The smallest absolute Gasteiger partial charge is 0.172 e. The number of ether oxygens (including phenoxy) is 2. The maximum atomic E-state index is 13.7. The van der Waals surface area contributed by atoms with E-state index in [9.17, 15) is 9.50 Å². The van der Waals surface area contributed by atoms with E-state index < -0.39 is 11.9 Å². The molecule has 0 aromatic heterocycles. The van der Waals surface area contributed by atoms with Crippen LogP contribution in [0.4, 0.5) is 4.39 Å². The van der Waals surface area contributed by atoms with Gasteiger partial charge in [-0.05, 0) is 23.8 Å². The molecule has 0 radical (unpaired) electrons. The fourth-order valence-corrected chi connectivity index (χ4v) is 2.51. The van der Waals surface area contributed by atoms with Gasteiger partial charge in [0.2, 0.25) is 0 Å². The molecule has 0 aliphatic carbocycles. The quantitative estimate of drug-likeness (QED) is 0.481. The van der Waals surface area contributed by atoms with Gasteiger partial charge in [-0.2, -0.15) is 0 Å². The van der Waals surface area contributed by atoms with E-state index in [2.05, 4.69) is 0 Å². The largest absolute Gasteiger partial charge is 0.485 e. The standard InChI is InChI=1S/C21H20FNO3.2C2H6/c22-16-10-11-20(25-14-15-6-2-1-3-7-15)21(12-16)26-19-9-5-4-8-17(19)18(24)13-23;2*1-2/h1-12,18,24H,13-14,23H2;2*1-2H3. The Bertz CT molecular complexity index is 856.